The molecule has 1 aromatic carbocycles. The molecule has 0 saturated heterocycles. The minimum Gasteiger partial charge on any atom is -0.382 e. The van der Waals surface area contributed by atoms with Crippen molar-refractivity contribution in [3.8, 4) is 0 Å². The van der Waals surface area contributed by atoms with Gasteiger partial charge in [-0.05, 0) is 6.07 Å². The Morgan fingerprint density at radius 2 is 2.10 bits per heavy atom. The van der Waals surface area contributed by atoms with Crippen LogP contribution >= 0.6 is 0 Å². The molecule has 21 heavy (non-hydrogen) atoms. The third-order valence-electron chi connectivity index (χ3n) is 3.81. The van der Waals surface area contributed by atoms with Crippen LogP contribution in [-0.4, -0.2) is 19.9 Å². The average molecular weight is 293 g/mol. The molecule has 0 amide bonds. The highest BCUT2D eigenvalue weighted by Gasteiger charge is 2.45. The van der Waals surface area contributed by atoms with E-state index in [0.717, 1.165) is 12.1 Å². The van der Waals surface area contributed by atoms with E-state index in [-0.39, 0.29) is 12.1 Å². The van der Waals surface area contributed by atoms with Crippen LogP contribution in [0, 0.1) is 17.0 Å². The Morgan fingerprint density at radius 3 is 2.62 bits per heavy atom. The van der Waals surface area contributed by atoms with Crippen molar-refractivity contribution in [2.45, 2.75) is 26.0 Å². The molecule has 0 fully saturated rings. The number of rotatable bonds is 5. The molecule has 1 aromatic heterocycles. The molecule has 0 saturated carbocycles. The molecule has 2 aromatic rings. The number of aromatic nitrogens is 3. The smallest absolute Gasteiger partial charge is 0.137 e. The zero-order chi connectivity index (χ0) is 15.7. The average Bonchev–Trinajstić information content (AvgIpc) is 2.90. The van der Waals surface area contributed by atoms with E-state index in [2.05, 4.69) is 16.7 Å². The van der Waals surface area contributed by atoms with Crippen LogP contribution in [0.2, 0.25) is 0 Å². The summed E-state index contributed by atoms with van der Waals surface area (Å²) in [4.78, 5) is 3.81. The Labute approximate surface area is 121 Å². The van der Waals surface area contributed by atoms with Gasteiger partial charge in [-0.2, -0.15) is 5.10 Å². The molecule has 1 N–H and O–H groups in total. The molecular formula is C15H17F2N3O. The van der Waals surface area contributed by atoms with E-state index < -0.39 is 22.7 Å². The van der Waals surface area contributed by atoms with Gasteiger partial charge in [-0.25, -0.2) is 18.4 Å². The van der Waals surface area contributed by atoms with Crippen molar-refractivity contribution in [2.24, 2.45) is 5.41 Å². The van der Waals surface area contributed by atoms with Crippen LogP contribution in [0.15, 0.2) is 43.5 Å². The van der Waals surface area contributed by atoms with Crippen molar-refractivity contribution < 1.29 is 13.9 Å². The number of aliphatic hydroxyl groups is 1. The van der Waals surface area contributed by atoms with Gasteiger partial charge >= 0.3 is 0 Å². The fourth-order valence-electron chi connectivity index (χ4n) is 2.18. The van der Waals surface area contributed by atoms with Gasteiger partial charge in [0.1, 0.15) is 29.9 Å². The van der Waals surface area contributed by atoms with E-state index in [1.54, 1.807) is 13.8 Å². The van der Waals surface area contributed by atoms with Gasteiger partial charge in [-0.3, -0.25) is 0 Å². The summed E-state index contributed by atoms with van der Waals surface area (Å²) < 4.78 is 28.7. The van der Waals surface area contributed by atoms with Crippen molar-refractivity contribution >= 4 is 0 Å². The number of halogens is 2. The molecule has 0 aliphatic carbocycles. The predicted octanol–water partition coefficient (Wildman–Crippen LogP) is 2.66. The summed E-state index contributed by atoms with van der Waals surface area (Å²) in [6, 6.07) is 3.11. The third kappa shape index (κ3) is 2.71. The Morgan fingerprint density at radius 1 is 1.38 bits per heavy atom. The first-order valence-electron chi connectivity index (χ1n) is 6.44. The summed E-state index contributed by atoms with van der Waals surface area (Å²) >= 11 is 0. The summed E-state index contributed by atoms with van der Waals surface area (Å²) in [5.74, 6) is -1.51. The lowest BCUT2D eigenvalue weighted by molar-refractivity contribution is -0.0684. The van der Waals surface area contributed by atoms with Crippen LogP contribution in [0.5, 0.6) is 0 Å². The van der Waals surface area contributed by atoms with Gasteiger partial charge in [0, 0.05) is 17.0 Å². The number of hydrogen-bond donors (Lipinski definition) is 1. The summed E-state index contributed by atoms with van der Waals surface area (Å²) in [5, 5.41) is 15.1. The molecule has 1 heterocycles. The third-order valence-corrected chi connectivity index (χ3v) is 3.81. The molecule has 0 spiro atoms. The van der Waals surface area contributed by atoms with E-state index in [9.17, 15) is 13.9 Å². The lowest BCUT2D eigenvalue weighted by Gasteiger charge is -2.41. The molecule has 0 bridgehead atoms. The first kappa shape index (κ1) is 15.3. The zero-order valence-electron chi connectivity index (χ0n) is 11.9. The van der Waals surface area contributed by atoms with Crippen molar-refractivity contribution in [3.05, 3.63) is 60.7 Å². The first-order chi connectivity index (χ1) is 9.80. The number of benzene rings is 1. The molecule has 0 radical (unpaired) electrons. The Kier molecular flexibility index (Phi) is 3.91. The standard InChI is InChI=1S/C15H17F2N3O/c1-4-14(2,3)15(21,8-20-10-18-9-19-20)12-6-5-11(16)7-13(12)17/h4-7,9-10,21H,1,8H2,2-3H3. The zero-order valence-corrected chi connectivity index (χ0v) is 11.9. The van der Waals surface area contributed by atoms with Gasteiger partial charge in [0.25, 0.3) is 0 Å². The fourth-order valence-corrected chi connectivity index (χ4v) is 2.18. The summed E-state index contributed by atoms with van der Waals surface area (Å²) in [6.07, 6.45) is 4.28. The van der Waals surface area contributed by atoms with Crippen LogP contribution < -0.4 is 0 Å². The molecular weight excluding hydrogens is 276 g/mol. The number of nitrogens with zero attached hydrogens (tertiary/aromatic N) is 3. The van der Waals surface area contributed by atoms with Gasteiger partial charge in [0.05, 0.1) is 6.54 Å². The molecule has 1 atom stereocenters. The lowest BCUT2D eigenvalue weighted by Crippen LogP contribution is -2.45. The normalized spacial score (nSPS) is 14.7. The molecule has 4 nitrogen and oxygen atoms in total. The summed E-state index contributed by atoms with van der Waals surface area (Å²) in [6.45, 7) is 7.11. The van der Waals surface area contributed by atoms with Crippen LogP contribution in [0.1, 0.15) is 19.4 Å². The van der Waals surface area contributed by atoms with Crippen LogP contribution in [0.25, 0.3) is 0 Å². The maximum atomic E-state index is 14.2. The largest absolute Gasteiger partial charge is 0.382 e. The molecule has 2 rings (SSSR count). The monoisotopic (exact) mass is 293 g/mol. The van der Waals surface area contributed by atoms with Gasteiger partial charge in [0.2, 0.25) is 0 Å². The van der Waals surface area contributed by atoms with Crippen LogP contribution in [-0.2, 0) is 12.1 Å². The van der Waals surface area contributed by atoms with E-state index in [4.69, 9.17) is 0 Å². The molecule has 1 unspecified atom stereocenters. The van der Waals surface area contributed by atoms with Crippen molar-refractivity contribution in [1.82, 2.24) is 14.8 Å². The van der Waals surface area contributed by atoms with Crippen LogP contribution in [0.3, 0.4) is 0 Å². The van der Waals surface area contributed by atoms with Gasteiger partial charge < -0.3 is 5.11 Å². The predicted molar refractivity (Wildman–Crippen MR) is 74.3 cm³/mol. The highest BCUT2D eigenvalue weighted by Crippen LogP contribution is 2.42. The van der Waals surface area contributed by atoms with E-state index in [1.807, 2.05) is 0 Å². The molecule has 6 heteroatoms. The Hall–Kier alpha value is -2.08. The second-order valence-corrected chi connectivity index (χ2v) is 5.50. The highest BCUT2D eigenvalue weighted by molar-refractivity contribution is 5.29. The quantitative estimate of drug-likeness (QED) is 0.862. The number of hydrogen-bond acceptors (Lipinski definition) is 3. The minimum atomic E-state index is -1.65. The SMILES string of the molecule is C=CC(C)(C)C(O)(Cn1cncn1)c1ccc(F)cc1F. The van der Waals surface area contributed by atoms with E-state index in [1.165, 1.54) is 29.5 Å². The summed E-state index contributed by atoms with van der Waals surface area (Å²) in [7, 11) is 0. The maximum absolute atomic E-state index is 14.2. The molecule has 0 aliphatic heterocycles. The van der Waals surface area contributed by atoms with Crippen molar-refractivity contribution in [3.63, 3.8) is 0 Å². The highest BCUT2D eigenvalue weighted by atomic mass is 19.1. The maximum Gasteiger partial charge on any atom is 0.137 e. The van der Waals surface area contributed by atoms with Gasteiger partial charge in [-0.1, -0.05) is 26.0 Å². The molecule has 112 valence electrons. The van der Waals surface area contributed by atoms with Crippen molar-refractivity contribution in [2.75, 3.05) is 0 Å². The lowest BCUT2D eigenvalue weighted by atomic mass is 9.70. The van der Waals surface area contributed by atoms with E-state index in [0.29, 0.717) is 0 Å². The van der Waals surface area contributed by atoms with Gasteiger partial charge in [-0.15, -0.1) is 6.58 Å². The fraction of sp³-hybridized carbons (Fsp3) is 0.333. The summed E-state index contributed by atoms with van der Waals surface area (Å²) in [5.41, 5.74) is -2.54. The minimum absolute atomic E-state index is 0.00991. The molecule has 0 aliphatic rings. The first-order valence-corrected chi connectivity index (χ1v) is 6.44. The van der Waals surface area contributed by atoms with E-state index >= 15 is 0 Å². The van der Waals surface area contributed by atoms with Gasteiger partial charge in [0.15, 0.2) is 0 Å². The Bertz CT molecular complexity index is 640. The van der Waals surface area contributed by atoms with Crippen molar-refractivity contribution in [1.29, 1.82) is 0 Å². The second kappa shape index (κ2) is 5.37. The topological polar surface area (TPSA) is 50.9 Å². The second-order valence-electron chi connectivity index (χ2n) is 5.50. The Balaban J connectivity index is 2.57. The van der Waals surface area contributed by atoms with Crippen LogP contribution in [0.4, 0.5) is 8.78 Å².